The van der Waals surface area contributed by atoms with E-state index in [-0.39, 0.29) is 18.4 Å². The summed E-state index contributed by atoms with van der Waals surface area (Å²) in [5.74, 6) is 0.581. The van der Waals surface area contributed by atoms with Crippen molar-refractivity contribution in [3.8, 4) is 0 Å². The third-order valence-electron chi connectivity index (χ3n) is 5.85. The molecule has 1 aliphatic carbocycles. The maximum absolute atomic E-state index is 12.8. The molecule has 2 heterocycles. The highest BCUT2D eigenvalue weighted by Gasteiger charge is 2.40. The number of aromatic nitrogens is 1. The van der Waals surface area contributed by atoms with Crippen molar-refractivity contribution < 1.29 is 19.2 Å². The summed E-state index contributed by atoms with van der Waals surface area (Å²) >= 11 is 0. The van der Waals surface area contributed by atoms with E-state index < -0.39 is 5.60 Å². The number of benzene rings is 1. The second-order valence-electron chi connectivity index (χ2n) is 7.50. The van der Waals surface area contributed by atoms with E-state index in [1.807, 2.05) is 30.3 Å². The fourth-order valence-corrected chi connectivity index (χ4v) is 4.25. The van der Waals surface area contributed by atoms with Gasteiger partial charge in [0.1, 0.15) is 11.4 Å². The molecule has 2 aromatic rings. The molecule has 1 aromatic heterocycles. The molecule has 1 fully saturated rings. The van der Waals surface area contributed by atoms with Gasteiger partial charge in [0.05, 0.1) is 6.54 Å². The van der Waals surface area contributed by atoms with Gasteiger partial charge in [-0.2, -0.15) is 0 Å². The van der Waals surface area contributed by atoms with Gasteiger partial charge in [0.15, 0.2) is 5.69 Å². The van der Waals surface area contributed by atoms with Crippen LogP contribution in [0.25, 0.3) is 0 Å². The zero-order valence-corrected chi connectivity index (χ0v) is 15.4. The van der Waals surface area contributed by atoms with E-state index in [1.54, 1.807) is 0 Å². The summed E-state index contributed by atoms with van der Waals surface area (Å²) in [6, 6.07) is 9.58. The molecule has 2 N–H and O–H groups in total. The lowest BCUT2D eigenvalue weighted by molar-refractivity contribution is -0.0680. The molecular formula is C21H26N2O4. The molecule has 0 spiro atoms. The van der Waals surface area contributed by atoms with Crippen molar-refractivity contribution in [2.75, 3.05) is 19.8 Å². The van der Waals surface area contributed by atoms with Gasteiger partial charge in [0.2, 0.25) is 0 Å². The Labute approximate surface area is 158 Å². The lowest BCUT2D eigenvalue weighted by Gasteiger charge is -2.39. The van der Waals surface area contributed by atoms with Crippen LogP contribution in [0.3, 0.4) is 0 Å². The number of hydrogen-bond donors (Lipinski definition) is 2. The summed E-state index contributed by atoms with van der Waals surface area (Å²) in [4.78, 5) is 12.8. The van der Waals surface area contributed by atoms with Crippen LogP contribution in [0.2, 0.25) is 0 Å². The van der Waals surface area contributed by atoms with Crippen LogP contribution >= 0.6 is 0 Å². The summed E-state index contributed by atoms with van der Waals surface area (Å²) in [7, 11) is 0. The summed E-state index contributed by atoms with van der Waals surface area (Å²) in [6.07, 6.45) is 5.31. The number of carbonyl (C=O) groups is 1. The topological polar surface area (TPSA) is 84.6 Å². The van der Waals surface area contributed by atoms with E-state index in [1.165, 1.54) is 0 Å². The number of nitrogens with one attached hydrogen (secondary N) is 1. The molecule has 0 saturated carbocycles. The van der Waals surface area contributed by atoms with Crippen LogP contribution < -0.4 is 5.32 Å². The molecule has 0 radical (unpaired) electrons. The average molecular weight is 370 g/mol. The average Bonchev–Trinajstić information content (AvgIpc) is 3.17. The van der Waals surface area contributed by atoms with E-state index in [2.05, 4.69) is 10.5 Å². The Morgan fingerprint density at radius 2 is 1.93 bits per heavy atom. The van der Waals surface area contributed by atoms with Crippen LogP contribution in [0.5, 0.6) is 0 Å². The van der Waals surface area contributed by atoms with E-state index in [0.29, 0.717) is 18.9 Å². The summed E-state index contributed by atoms with van der Waals surface area (Å²) < 4.78 is 10.8. The largest absolute Gasteiger partial charge is 0.383 e. The van der Waals surface area contributed by atoms with Crippen LogP contribution in [0.4, 0.5) is 0 Å². The number of nitrogens with zero attached hydrogens (tertiary/aromatic N) is 1. The summed E-state index contributed by atoms with van der Waals surface area (Å²) in [5.41, 5.74) is 0.976. The van der Waals surface area contributed by atoms with Crippen LogP contribution in [-0.2, 0) is 23.2 Å². The fourth-order valence-electron chi connectivity index (χ4n) is 4.25. The maximum atomic E-state index is 12.8. The van der Waals surface area contributed by atoms with Crippen LogP contribution in [0.15, 0.2) is 34.9 Å². The first-order valence-electron chi connectivity index (χ1n) is 9.80. The zero-order valence-electron chi connectivity index (χ0n) is 15.4. The van der Waals surface area contributed by atoms with Gasteiger partial charge in [-0.25, -0.2) is 0 Å². The van der Waals surface area contributed by atoms with E-state index >= 15 is 0 Å². The summed E-state index contributed by atoms with van der Waals surface area (Å²) in [6.45, 7) is 1.40. The Balaban J connectivity index is 1.53. The SMILES string of the molecule is O=C(NC[C@](O)(c1ccccc1)C1CCOCC1)c1noc2c1CCCC2. The molecule has 27 heavy (non-hydrogen) atoms. The minimum atomic E-state index is -1.13. The molecule has 0 unspecified atom stereocenters. The normalized spacial score (nSPS) is 19.9. The van der Waals surface area contributed by atoms with Gasteiger partial charge in [-0.15, -0.1) is 0 Å². The van der Waals surface area contributed by atoms with Gasteiger partial charge in [0, 0.05) is 25.2 Å². The van der Waals surface area contributed by atoms with Gasteiger partial charge >= 0.3 is 0 Å². The van der Waals surface area contributed by atoms with Gasteiger partial charge in [0.25, 0.3) is 5.91 Å². The predicted molar refractivity (Wildman–Crippen MR) is 99.4 cm³/mol. The molecule has 1 aromatic carbocycles. The summed E-state index contributed by atoms with van der Waals surface area (Å²) in [5, 5.41) is 18.5. The first-order valence-corrected chi connectivity index (χ1v) is 9.80. The van der Waals surface area contributed by atoms with E-state index in [4.69, 9.17) is 9.26 Å². The molecule has 144 valence electrons. The Bertz CT molecular complexity index is 783. The van der Waals surface area contributed by atoms with Crippen molar-refractivity contribution in [3.05, 3.63) is 52.9 Å². The van der Waals surface area contributed by atoms with Gasteiger partial charge in [-0.1, -0.05) is 35.5 Å². The molecule has 2 aliphatic rings. The van der Waals surface area contributed by atoms with E-state index in [0.717, 1.165) is 55.4 Å². The second kappa shape index (κ2) is 7.82. The standard InChI is InChI=1S/C21H26N2O4/c24-20(19-17-8-4-5-9-18(17)27-23-19)22-14-21(25,15-6-2-1-3-7-15)16-10-12-26-13-11-16/h1-3,6-7,16,25H,4-5,8-14H2,(H,22,24)/t21-/m0/s1. The quantitative estimate of drug-likeness (QED) is 0.845. The Morgan fingerprint density at radius 3 is 2.70 bits per heavy atom. The highest BCUT2D eigenvalue weighted by atomic mass is 16.5. The van der Waals surface area contributed by atoms with Crippen molar-refractivity contribution in [1.82, 2.24) is 10.5 Å². The first kappa shape index (κ1) is 18.2. The molecule has 0 bridgehead atoms. The molecule has 1 saturated heterocycles. The van der Waals surface area contributed by atoms with Crippen molar-refractivity contribution in [2.45, 2.75) is 44.1 Å². The van der Waals surface area contributed by atoms with Gasteiger partial charge < -0.3 is 19.7 Å². The third-order valence-corrected chi connectivity index (χ3v) is 5.85. The maximum Gasteiger partial charge on any atom is 0.273 e. The third kappa shape index (κ3) is 3.64. The Hall–Kier alpha value is -2.18. The minimum Gasteiger partial charge on any atom is -0.383 e. The molecule has 1 amide bonds. The number of fused-ring (bicyclic) bond motifs is 1. The van der Waals surface area contributed by atoms with Gasteiger partial charge in [-0.05, 0) is 43.6 Å². The number of aliphatic hydroxyl groups is 1. The van der Waals surface area contributed by atoms with Crippen LogP contribution in [0, 0.1) is 5.92 Å². The van der Waals surface area contributed by atoms with Crippen LogP contribution in [0.1, 0.15) is 53.1 Å². The number of carbonyl (C=O) groups excluding carboxylic acids is 1. The van der Waals surface area contributed by atoms with Crippen molar-refractivity contribution in [3.63, 3.8) is 0 Å². The van der Waals surface area contributed by atoms with Crippen molar-refractivity contribution >= 4 is 5.91 Å². The highest BCUT2D eigenvalue weighted by Crippen LogP contribution is 2.36. The zero-order chi connectivity index (χ0) is 18.7. The Kier molecular flexibility index (Phi) is 5.27. The fraction of sp³-hybridized carbons (Fsp3) is 0.524. The number of aryl methyl sites for hydroxylation is 1. The van der Waals surface area contributed by atoms with Crippen molar-refractivity contribution in [2.24, 2.45) is 5.92 Å². The number of ether oxygens (including phenoxy) is 1. The molecular weight excluding hydrogens is 344 g/mol. The van der Waals surface area contributed by atoms with Gasteiger partial charge in [-0.3, -0.25) is 4.79 Å². The highest BCUT2D eigenvalue weighted by molar-refractivity contribution is 5.93. The Morgan fingerprint density at radius 1 is 1.19 bits per heavy atom. The molecule has 1 atom stereocenters. The lowest BCUT2D eigenvalue weighted by atomic mass is 9.77. The monoisotopic (exact) mass is 370 g/mol. The number of rotatable bonds is 5. The minimum absolute atomic E-state index is 0.0279. The number of hydrogen-bond acceptors (Lipinski definition) is 5. The van der Waals surface area contributed by atoms with Crippen molar-refractivity contribution in [1.29, 1.82) is 0 Å². The smallest absolute Gasteiger partial charge is 0.273 e. The predicted octanol–water partition coefficient (Wildman–Crippen LogP) is 2.60. The molecule has 6 nitrogen and oxygen atoms in total. The lowest BCUT2D eigenvalue weighted by Crippen LogP contribution is -2.48. The molecule has 1 aliphatic heterocycles. The van der Waals surface area contributed by atoms with Crippen LogP contribution in [-0.4, -0.2) is 35.9 Å². The second-order valence-corrected chi connectivity index (χ2v) is 7.50. The van der Waals surface area contributed by atoms with E-state index in [9.17, 15) is 9.90 Å². The molecule has 4 rings (SSSR count). The number of amides is 1. The first-order chi connectivity index (χ1) is 13.2. The molecule has 6 heteroatoms.